The summed E-state index contributed by atoms with van der Waals surface area (Å²) in [5.41, 5.74) is 8.44. The minimum Gasteiger partial charge on any atom is -0.330 e. The number of sulfonamides is 1. The largest absolute Gasteiger partial charge is 0.330 e. The van der Waals surface area contributed by atoms with E-state index in [0.717, 1.165) is 23.1 Å². The van der Waals surface area contributed by atoms with Gasteiger partial charge in [0, 0.05) is 12.6 Å². The number of hydrogen-bond donors (Lipinski definition) is 1. The molecule has 2 N–H and O–H groups in total. The van der Waals surface area contributed by atoms with Crippen molar-refractivity contribution in [1.82, 2.24) is 4.31 Å². The zero-order chi connectivity index (χ0) is 15.1. The third kappa shape index (κ3) is 3.42. The molecule has 1 saturated heterocycles. The van der Waals surface area contributed by atoms with Crippen LogP contribution in [0.1, 0.15) is 30.0 Å². The maximum absolute atomic E-state index is 12.9. The molecule has 2 unspecified atom stereocenters. The fourth-order valence-corrected chi connectivity index (χ4v) is 5.44. The van der Waals surface area contributed by atoms with Crippen LogP contribution in [-0.4, -0.2) is 31.9 Å². The zero-order valence-corrected chi connectivity index (χ0v) is 14.7. The number of benzene rings is 1. The quantitative estimate of drug-likeness (QED) is 0.924. The van der Waals surface area contributed by atoms with E-state index in [0.29, 0.717) is 18.0 Å². The highest BCUT2D eigenvalue weighted by atomic mass is 35.5. The van der Waals surface area contributed by atoms with E-state index in [-0.39, 0.29) is 24.4 Å². The average molecular weight is 333 g/mol. The maximum Gasteiger partial charge on any atom is 0.243 e. The Morgan fingerprint density at radius 2 is 1.76 bits per heavy atom. The van der Waals surface area contributed by atoms with Gasteiger partial charge in [0.25, 0.3) is 0 Å². The van der Waals surface area contributed by atoms with E-state index in [4.69, 9.17) is 5.73 Å². The fourth-order valence-electron chi connectivity index (χ4n) is 3.31. The lowest BCUT2D eigenvalue weighted by Gasteiger charge is -2.23. The van der Waals surface area contributed by atoms with Gasteiger partial charge in [0.1, 0.15) is 0 Å². The van der Waals surface area contributed by atoms with E-state index in [1.165, 1.54) is 0 Å². The van der Waals surface area contributed by atoms with Gasteiger partial charge in [-0.05, 0) is 57.7 Å². The molecular formula is C15H25ClN2O2S. The van der Waals surface area contributed by atoms with Crippen LogP contribution in [0.15, 0.2) is 17.0 Å². The minimum atomic E-state index is -3.43. The summed E-state index contributed by atoms with van der Waals surface area (Å²) in [4.78, 5) is 0.465. The summed E-state index contributed by atoms with van der Waals surface area (Å²) < 4.78 is 27.5. The predicted octanol–water partition coefficient (Wildman–Crippen LogP) is 2.39. The second-order valence-corrected chi connectivity index (χ2v) is 7.82. The van der Waals surface area contributed by atoms with Crippen molar-refractivity contribution in [1.29, 1.82) is 0 Å². The highest BCUT2D eigenvalue weighted by Crippen LogP contribution is 2.32. The Balaban J connectivity index is 0.00000220. The molecule has 1 aliphatic rings. The normalized spacial score (nSPS) is 23.1. The van der Waals surface area contributed by atoms with E-state index in [9.17, 15) is 8.42 Å². The van der Waals surface area contributed by atoms with Crippen molar-refractivity contribution >= 4 is 22.4 Å². The second-order valence-electron chi connectivity index (χ2n) is 5.99. The van der Waals surface area contributed by atoms with Gasteiger partial charge in [-0.1, -0.05) is 17.7 Å². The third-order valence-electron chi connectivity index (χ3n) is 4.11. The molecule has 2 atom stereocenters. The van der Waals surface area contributed by atoms with Gasteiger partial charge in [0.05, 0.1) is 4.90 Å². The van der Waals surface area contributed by atoms with Crippen molar-refractivity contribution in [3.63, 3.8) is 0 Å². The Morgan fingerprint density at radius 1 is 1.24 bits per heavy atom. The SMILES string of the molecule is Cc1cc(C)c(S(=O)(=O)N2CC(CN)CC2C)c(C)c1.Cl. The molecule has 0 spiro atoms. The van der Waals surface area contributed by atoms with Crippen molar-refractivity contribution in [2.24, 2.45) is 11.7 Å². The first-order valence-electron chi connectivity index (χ1n) is 7.07. The summed E-state index contributed by atoms with van der Waals surface area (Å²) >= 11 is 0. The number of halogens is 1. The lowest BCUT2D eigenvalue weighted by atomic mass is 10.1. The van der Waals surface area contributed by atoms with Crippen molar-refractivity contribution in [3.05, 3.63) is 28.8 Å². The summed E-state index contributed by atoms with van der Waals surface area (Å²) in [5, 5.41) is 0. The van der Waals surface area contributed by atoms with Crippen LogP contribution in [0.2, 0.25) is 0 Å². The Bertz CT molecular complexity index is 593. The zero-order valence-electron chi connectivity index (χ0n) is 13.1. The van der Waals surface area contributed by atoms with Gasteiger partial charge in [-0.15, -0.1) is 12.4 Å². The molecule has 1 fully saturated rings. The van der Waals surface area contributed by atoms with Crippen molar-refractivity contribution in [2.45, 2.75) is 45.1 Å². The van der Waals surface area contributed by atoms with Crippen LogP contribution in [0.25, 0.3) is 0 Å². The second kappa shape index (κ2) is 6.65. The summed E-state index contributed by atoms with van der Waals surface area (Å²) in [6.45, 7) is 8.77. The number of nitrogens with zero attached hydrogens (tertiary/aromatic N) is 1. The molecule has 0 saturated carbocycles. The lowest BCUT2D eigenvalue weighted by Crippen LogP contribution is -2.35. The Kier molecular flexibility index (Phi) is 5.83. The molecule has 21 heavy (non-hydrogen) atoms. The van der Waals surface area contributed by atoms with E-state index in [2.05, 4.69) is 0 Å². The molecule has 0 radical (unpaired) electrons. The Morgan fingerprint density at radius 3 is 2.19 bits per heavy atom. The Labute approximate surface area is 134 Å². The molecule has 0 amide bonds. The number of rotatable bonds is 3. The van der Waals surface area contributed by atoms with Gasteiger partial charge in [0.2, 0.25) is 10.0 Å². The number of aryl methyl sites for hydroxylation is 3. The highest BCUT2D eigenvalue weighted by Gasteiger charge is 2.38. The number of nitrogens with two attached hydrogens (primary N) is 1. The lowest BCUT2D eigenvalue weighted by molar-refractivity contribution is 0.404. The first-order valence-corrected chi connectivity index (χ1v) is 8.51. The molecule has 120 valence electrons. The molecule has 0 bridgehead atoms. The molecule has 4 nitrogen and oxygen atoms in total. The van der Waals surface area contributed by atoms with Crippen LogP contribution in [0.5, 0.6) is 0 Å². The molecule has 1 aromatic rings. The van der Waals surface area contributed by atoms with Crippen LogP contribution in [0, 0.1) is 26.7 Å². The monoisotopic (exact) mass is 332 g/mol. The summed E-state index contributed by atoms with van der Waals surface area (Å²) in [6.07, 6.45) is 0.847. The molecule has 6 heteroatoms. The third-order valence-corrected chi connectivity index (χ3v) is 6.40. The van der Waals surface area contributed by atoms with Crippen molar-refractivity contribution in [2.75, 3.05) is 13.1 Å². The van der Waals surface area contributed by atoms with E-state index in [1.807, 2.05) is 39.8 Å². The van der Waals surface area contributed by atoms with Crippen LogP contribution in [0.3, 0.4) is 0 Å². The standard InChI is InChI=1S/C15H24N2O2S.ClH/c1-10-5-11(2)15(12(3)6-10)20(18,19)17-9-14(8-16)7-13(17)4;/h5-6,13-14H,7-9,16H2,1-4H3;1H. The number of hydrogen-bond acceptors (Lipinski definition) is 3. The fraction of sp³-hybridized carbons (Fsp3) is 0.600. The van der Waals surface area contributed by atoms with Gasteiger partial charge < -0.3 is 5.73 Å². The van der Waals surface area contributed by atoms with Crippen LogP contribution < -0.4 is 5.73 Å². The molecule has 0 aliphatic carbocycles. The van der Waals surface area contributed by atoms with Crippen LogP contribution >= 0.6 is 12.4 Å². The first-order chi connectivity index (χ1) is 9.27. The van der Waals surface area contributed by atoms with Crippen LogP contribution in [0.4, 0.5) is 0 Å². The molecular weight excluding hydrogens is 308 g/mol. The summed E-state index contributed by atoms with van der Waals surface area (Å²) in [5.74, 6) is 0.269. The highest BCUT2D eigenvalue weighted by molar-refractivity contribution is 7.89. The van der Waals surface area contributed by atoms with Gasteiger partial charge in [0.15, 0.2) is 0 Å². The molecule has 1 heterocycles. The van der Waals surface area contributed by atoms with Crippen molar-refractivity contribution in [3.8, 4) is 0 Å². The molecule has 0 aromatic heterocycles. The van der Waals surface area contributed by atoms with E-state index >= 15 is 0 Å². The predicted molar refractivity (Wildman–Crippen MR) is 88.4 cm³/mol. The van der Waals surface area contributed by atoms with Gasteiger partial charge >= 0.3 is 0 Å². The van der Waals surface area contributed by atoms with E-state index < -0.39 is 10.0 Å². The Hall–Kier alpha value is -0.620. The molecule has 1 aromatic carbocycles. The summed E-state index contributed by atoms with van der Waals surface area (Å²) in [7, 11) is -3.43. The van der Waals surface area contributed by atoms with Crippen LogP contribution in [-0.2, 0) is 10.0 Å². The molecule has 1 aliphatic heterocycles. The smallest absolute Gasteiger partial charge is 0.243 e. The van der Waals surface area contributed by atoms with Gasteiger partial charge in [-0.3, -0.25) is 0 Å². The minimum absolute atomic E-state index is 0. The van der Waals surface area contributed by atoms with E-state index in [1.54, 1.807) is 4.31 Å². The molecule has 2 rings (SSSR count). The average Bonchev–Trinajstić information content (AvgIpc) is 2.69. The first kappa shape index (κ1) is 18.4. The maximum atomic E-state index is 12.9. The summed E-state index contributed by atoms with van der Waals surface area (Å²) in [6, 6.07) is 3.89. The topological polar surface area (TPSA) is 63.4 Å². The van der Waals surface area contributed by atoms with Crippen molar-refractivity contribution < 1.29 is 8.42 Å². The van der Waals surface area contributed by atoms with Gasteiger partial charge in [-0.25, -0.2) is 8.42 Å². The van der Waals surface area contributed by atoms with Gasteiger partial charge in [-0.2, -0.15) is 4.31 Å².